The summed E-state index contributed by atoms with van der Waals surface area (Å²) in [6, 6.07) is 4.10. The molecular weight excluding hydrogens is 343 g/mol. The van der Waals surface area contributed by atoms with Crippen LogP contribution in [0.25, 0.3) is 0 Å². The first-order valence-corrected chi connectivity index (χ1v) is 9.49. The number of ether oxygens (including phenoxy) is 1. The summed E-state index contributed by atoms with van der Waals surface area (Å²) >= 11 is 0. The van der Waals surface area contributed by atoms with Gasteiger partial charge in [0, 0.05) is 5.54 Å². The van der Waals surface area contributed by atoms with Crippen molar-refractivity contribution in [2.24, 2.45) is 5.73 Å². The minimum atomic E-state index is -4.46. The lowest BCUT2D eigenvalue weighted by Crippen LogP contribution is -2.43. The lowest BCUT2D eigenvalue weighted by atomic mass is 9.90. The maximum Gasteiger partial charge on any atom is 0.419 e. The van der Waals surface area contributed by atoms with Crippen molar-refractivity contribution in [2.45, 2.75) is 76.9 Å². The van der Waals surface area contributed by atoms with E-state index in [1.807, 2.05) is 6.92 Å². The third-order valence-corrected chi connectivity index (χ3v) is 4.81. The Morgan fingerprint density at radius 3 is 2.35 bits per heavy atom. The number of benzene rings is 1. The van der Waals surface area contributed by atoms with Crippen LogP contribution in [-0.2, 0) is 12.6 Å². The smallest absolute Gasteiger partial charge is 0.419 e. The van der Waals surface area contributed by atoms with E-state index in [1.165, 1.54) is 6.07 Å². The van der Waals surface area contributed by atoms with Crippen molar-refractivity contribution in [3.8, 4) is 5.75 Å². The van der Waals surface area contributed by atoms with Gasteiger partial charge in [-0.15, -0.1) is 0 Å². The van der Waals surface area contributed by atoms with Crippen LogP contribution in [0, 0.1) is 0 Å². The van der Waals surface area contributed by atoms with Crippen LogP contribution in [0.15, 0.2) is 18.2 Å². The fourth-order valence-corrected chi connectivity index (χ4v) is 2.81. The summed E-state index contributed by atoms with van der Waals surface area (Å²) in [4.78, 5) is 0. The second kappa shape index (κ2) is 10.8. The fraction of sp³-hybridized carbons (Fsp3) is 0.700. The number of aryl methyl sites for hydroxylation is 1. The summed E-state index contributed by atoms with van der Waals surface area (Å²) < 4.78 is 45.7. The average molecular weight is 375 g/mol. The molecule has 0 aliphatic carbocycles. The molecule has 6 heteroatoms. The number of alkyl halides is 3. The molecule has 0 heterocycles. The predicted molar refractivity (Wildman–Crippen MR) is 98.3 cm³/mol. The summed E-state index contributed by atoms with van der Waals surface area (Å²) in [6.45, 7) is 4.04. The molecule has 1 unspecified atom stereocenters. The van der Waals surface area contributed by atoms with Crippen LogP contribution in [0.4, 0.5) is 13.2 Å². The van der Waals surface area contributed by atoms with E-state index in [1.54, 1.807) is 6.07 Å². The Balaban J connectivity index is 2.88. The molecule has 1 atom stereocenters. The van der Waals surface area contributed by atoms with Crippen LogP contribution in [0.1, 0.15) is 69.9 Å². The molecule has 0 aliphatic heterocycles. The highest BCUT2D eigenvalue weighted by molar-refractivity contribution is 5.43. The maximum atomic E-state index is 13.4. The third kappa shape index (κ3) is 7.16. The highest BCUT2D eigenvalue weighted by atomic mass is 19.4. The molecular formula is C20H32F3NO2. The van der Waals surface area contributed by atoms with Gasteiger partial charge in [0.2, 0.25) is 0 Å². The molecule has 3 N–H and O–H groups in total. The van der Waals surface area contributed by atoms with Crippen LogP contribution >= 0.6 is 0 Å². The van der Waals surface area contributed by atoms with E-state index in [2.05, 4.69) is 6.92 Å². The number of unbranched alkanes of at least 4 members (excludes halogenated alkanes) is 4. The van der Waals surface area contributed by atoms with Gasteiger partial charge < -0.3 is 15.6 Å². The van der Waals surface area contributed by atoms with Gasteiger partial charge >= 0.3 is 6.18 Å². The van der Waals surface area contributed by atoms with Crippen molar-refractivity contribution in [3.63, 3.8) is 0 Å². The zero-order valence-electron chi connectivity index (χ0n) is 15.9. The molecule has 0 bridgehead atoms. The molecule has 1 rings (SSSR count). The number of halogens is 3. The first-order valence-electron chi connectivity index (χ1n) is 9.49. The van der Waals surface area contributed by atoms with Crippen LogP contribution in [0.3, 0.4) is 0 Å². The normalized spacial score (nSPS) is 14.3. The second-order valence-electron chi connectivity index (χ2n) is 6.93. The standard InChI is InChI=1S/C20H32F3NO2/c1-3-5-6-7-8-14-26-18-16(12-13-19(24,4-2)15-25)10-9-11-17(18)20(21,22)23/h9-11,25H,3-8,12-15,24H2,1-2H3. The largest absolute Gasteiger partial charge is 0.493 e. The van der Waals surface area contributed by atoms with Crippen molar-refractivity contribution in [2.75, 3.05) is 13.2 Å². The molecule has 0 spiro atoms. The summed E-state index contributed by atoms with van der Waals surface area (Å²) in [7, 11) is 0. The van der Waals surface area contributed by atoms with Crippen molar-refractivity contribution in [1.29, 1.82) is 0 Å². The topological polar surface area (TPSA) is 55.5 Å². The van der Waals surface area contributed by atoms with E-state index in [0.29, 0.717) is 24.8 Å². The third-order valence-electron chi connectivity index (χ3n) is 4.81. The highest BCUT2D eigenvalue weighted by Crippen LogP contribution is 2.39. The van der Waals surface area contributed by atoms with Gasteiger partial charge in [0.25, 0.3) is 0 Å². The molecule has 0 fully saturated rings. The van der Waals surface area contributed by atoms with Crippen molar-refractivity contribution < 1.29 is 23.0 Å². The van der Waals surface area contributed by atoms with E-state index >= 15 is 0 Å². The summed E-state index contributed by atoms with van der Waals surface area (Å²) in [6.07, 6.45) is 1.81. The van der Waals surface area contributed by atoms with Gasteiger partial charge in [0.15, 0.2) is 0 Å². The maximum absolute atomic E-state index is 13.4. The molecule has 0 radical (unpaired) electrons. The van der Waals surface area contributed by atoms with E-state index in [0.717, 1.165) is 38.2 Å². The molecule has 0 saturated heterocycles. The molecule has 0 aliphatic rings. The molecule has 26 heavy (non-hydrogen) atoms. The summed E-state index contributed by atoms with van der Waals surface area (Å²) in [5.74, 6) is -0.0908. The van der Waals surface area contributed by atoms with Crippen molar-refractivity contribution in [1.82, 2.24) is 0 Å². The number of aliphatic hydroxyl groups excluding tert-OH is 1. The second-order valence-corrected chi connectivity index (χ2v) is 6.93. The number of hydrogen-bond acceptors (Lipinski definition) is 3. The molecule has 0 saturated carbocycles. The fourth-order valence-electron chi connectivity index (χ4n) is 2.81. The Morgan fingerprint density at radius 2 is 1.77 bits per heavy atom. The van der Waals surface area contributed by atoms with Gasteiger partial charge in [0.1, 0.15) is 5.75 Å². The molecule has 0 amide bonds. The first-order chi connectivity index (χ1) is 12.3. The van der Waals surface area contributed by atoms with Gasteiger partial charge in [-0.25, -0.2) is 0 Å². The van der Waals surface area contributed by atoms with E-state index in [9.17, 15) is 18.3 Å². The Kier molecular flexibility index (Phi) is 9.44. The number of rotatable bonds is 12. The molecule has 0 aromatic heterocycles. The van der Waals surface area contributed by atoms with Crippen LogP contribution in [-0.4, -0.2) is 23.9 Å². The monoisotopic (exact) mass is 375 g/mol. The van der Waals surface area contributed by atoms with E-state index in [-0.39, 0.29) is 19.0 Å². The van der Waals surface area contributed by atoms with Crippen LogP contribution in [0.5, 0.6) is 5.75 Å². The number of nitrogens with two attached hydrogens (primary N) is 1. The van der Waals surface area contributed by atoms with Crippen molar-refractivity contribution >= 4 is 0 Å². The zero-order valence-corrected chi connectivity index (χ0v) is 15.9. The van der Waals surface area contributed by atoms with Gasteiger partial charge in [0.05, 0.1) is 18.8 Å². The lowest BCUT2D eigenvalue weighted by Gasteiger charge is -2.26. The van der Waals surface area contributed by atoms with Gasteiger partial charge in [-0.3, -0.25) is 0 Å². The molecule has 150 valence electrons. The molecule has 1 aromatic carbocycles. The summed E-state index contributed by atoms with van der Waals surface area (Å²) in [5, 5.41) is 9.42. The number of para-hydroxylation sites is 1. The van der Waals surface area contributed by atoms with Gasteiger partial charge in [-0.1, -0.05) is 51.7 Å². The molecule has 1 aromatic rings. The minimum Gasteiger partial charge on any atom is -0.493 e. The Hall–Kier alpha value is -1.27. The molecule has 3 nitrogen and oxygen atoms in total. The average Bonchev–Trinajstić information content (AvgIpc) is 2.62. The first kappa shape index (κ1) is 22.8. The SMILES string of the molecule is CCCCCCCOc1c(CCC(N)(CC)CO)cccc1C(F)(F)F. The Morgan fingerprint density at radius 1 is 1.08 bits per heavy atom. The number of hydrogen-bond donors (Lipinski definition) is 2. The Labute approximate surface area is 154 Å². The van der Waals surface area contributed by atoms with Crippen LogP contribution in [0.2, 0.25) is 0 Å². The van der Waals surface area contributed by atoms with Crippen molar-refractivity contribution in [3.05, 3.63) is 29.3 Å². The zero-order chi connectivity index (χ0) is 19.6. The van der Waals surface area contributed by atoms with Gasteiger partial charge in [-0.2, -0.15) is 13.2 Å². The van der Waals surface area contributed by atoms with E-state index in [4.69, 9.17) is 10.5 Å². The van der Waals surface area contributed by atoms with Gasteiger partial charge in [-0.05, 0) is 37.3 Å². The lowest BCUT2D eigenvalue weighted by molar-refractivity contribution is -0.139. The predicted octanol–water partition coefficient (Wildman–Crippen LogP) is 5.09. The van der Waals surface area contributed by atoms with E-state index < -0.39 is 17.3 Å². The number of aliphatic hydroxyl groups is 1. The Bertz CT molecular complexity index is 528. The highest BCUT2D eigenvalue weighted by Gasteiger charge is 2.35. The summed E-state index contributed by atoms with van der Waals surface area (Å²) in [5.41, 5.74) is 5.03. The minimum absolute atomic E-state index is 0.0908. The quantitative estimate of drug-likeness (QED) is 0.501. The van der Waals surface area contributed by atoms with Crippen LogP contribution < -0.4 is 10.5 Å².